The van der Waals surface area contributed by atoms with E-state index >= 15 is 0 Å². The Balaban J connectivity index is 2.48. The van der Waals surface area contributed by atoms with E-state index in [1.807, 2.05) is 0 Å². The first-order valence-corrected chi connectivity index (χ1v) is 5.86. The molecule has 0 saturated heterocycles. The number of rotatable bonds is 9. The van der Waals surface area contributed by atoms with Gasteiger partial charge in [0, 0.05) is 31.0 Å². The molecule has 0 aliphatic heterocycles. The second-order valence-electron chi connectivity index (χ2n) is 3.79. The zero-order valence-corrected chi connectivity index (χ0v) is 10.5. The van der Waals surface area contributed by atoms with Gasteiger partial charge >= 0.3 is 0 Å². The molecule has 0 saturated carbocycles. The maximum absolute atomic E-state index is 10.7. The number of hydrogen-bond donors (Lipinski definition) is 4. The molecule has 8 heteroatoms. The number of non-ortho nitro benzene ring substituents is 1. The second kappa shape index (κ2) is 8.25. The third kappa shape index (κ3) is 5.51. The molecule has 0 aliphatic carbocycles. The monoisotopic (exact) mass is 270 g/mol. The van der Waals surface area contributed by atoms with Crippen molar-refractivity contribution in [2.75, 3.05) is 37.1 Å². The van der Waals surface area contributed by atoms with Crippen LogP contribution in [0.5, 0.6) is 0 Å². The molecule has 0 bridgehead atoms. The Morgan fingerprint density at radius 3 is 2.68 bits per heavy atom. The van der Waals surface area contributed by atoms with Crippen LogP contribution in [0.15, 0.2) is 18.2 Å². The fourth-order valence-corrected chi connectivity index (χ4v) is 1.48. The Bertz CT molecular complexity index is 414. The van der Waals surface area contributed by atoms with Gasteiger partial charge in [0.05, 0.1) is 23.8 Å². The molecule has 0 aliphatic rings. The molecule has 0 unspecified atom stereocenters. The van der Waals surface area contributed by atoms with E-state index in [9.17, 15) is 10.1 Å². The molecule has 0 spiro atoms. The van der Waals surface area contributed by atoms with E-state index in [1.165, 1.54) is 12.1 Å². The Labute approximate surface area is 110 Å². The molecule has 0 radical (unpaired) electrons. The summed E-state index contributed by atoms with van der Waals surface area (Å²) in [5, 5.41) is 22.3. The van der Waals surface area contributed by atoms with Crippen LogP contribution in [0, 0.1) is 10.1 Å². The Morgan fingerprint density at radius 1 is 1.32 bits per heavy atom. The number of ether oxygens (including phenoxy) is 1. The van der Waals surface area contributed by atoms with Crippen LogP contribution >= 0.6 is 0 Å². The minimum absolute atomic E-state index is 0.00381. The summed E-state index contributed by atoms with van der Waals surface area (Å²) in [4.78, 5) is 10.3. The number of anilines is 2. The molecular weight excluding hydrogens is 252 g/mol. The molecule has 0 fully saturated rings. The third-order valence-electron chi connectivity index (χ3n) is 2.33. The predicted octanol–water partition coefficient (Wildman–Crippen LogP) is 0.691. The van der Waals surface area contributed by atoms with Gasteiger partial charge in [0.15, 0.2) is 0 Å². The van der Waals surface area contributed by atoms with Gasteiger partial charge in [-0.05, 0) is 12.5 Å². The van der Waals surface area contributed by atoms with Crippen molar-refractivity contribution in [2.45, 2.75) is 6.42 Å². The van der Waals surface area contributed by atoms with Gasteiger partial charge in [-0.15, -0.1) is 0 Å². The molecule has 0 aromatic heterocycles. The first kappa shape index (κ1) is 15.2. The SMILES string of the molecule is NNc1cc(NCCCOCCO)cc([N+](=O)[O-])c1. The minimum Gasteiger partial charge on any atom is -0.394 e. The summed E-state index contributed by atoms with van der Waals surface area (Å²) in [5.41, 5.74) is 3.43. The number of nitrogen functional groups attached to an aromatic ring is 1. The van der Waals surface area contributed by atoms with Crippen molar-refractivity contribution in [3.8, 4) is 0 Å². The number of nitrogens with zero attached hydrogens (tertiary/aromatic N) is 1. The predicted molar refractivity (Wildman–Crippen MR) is 71.9 cm³/mol. The lowest BCUT2D eigenvalue weighted by atomic mass is 10.2. The maximum Gasteiger partial charge on any atom is 0.273 e. The smallest absolute Gasteiger partial charge is 0.273 e. The fourth-order valence-electron chi connectivity index (χ4n) is 1.48. The van der Waals surface area contributed by atoms with Crippen LogP contribution in [0.1, 0.15) is 6.42 Å². The van der Waals surface area contributed by atoms with E-state index in [2.05, 4.69) is 10.7 Å². The zero-order valence-electron chi connectivity index (χ0n) is 10.5. The molecular formula is C11H18N4O4. The number of benzene rings is 1. The summed E-state index contributed by atoms with van der Waals surface area (Å²) in [5.74, 6) is 5.25. The van der Waals surface area contributed by atoms with E-state index in [4.69, 9.17) is 15.7 Å². The average Bonchev–Trinajstić information content (AvgIpc) is 2.42. The molecule has 106 valence electrons. The van der Waals surface area contributed by atoms with Gasteiger partial charge in [0.2, 0.25) is 0 Å². The van der Waals surface area contributed by atoms with Gasteiger partial charge in [-0.2, -0.15) is 0 Å². The first-order chi connectivity index (χ1) is 9.17. The first-order valence-electron chi connectivity index (χ1n) is 5.86. The van der Waals surface area contributed by atoms with Crippen LogP contribution in [0.25, 0.3) is 0 Å². The average molecular weight is 270 g/mol. The lowest BCUT2D eigenvalue weighted by molar-refractivity contribution is -0.384. The highest BCUT2D eigenvalue weighted by Crippen LogP contribution is 2.23. The van der Waals surface area contributed by atoms with Crippen molar-refractivity contribution in [3.63, 3.8) is 0 Å². The summed E-state index contributed by atoms with van der Waals surface area (Å²) >= 11 is 0. The molecule has 19 heavy (non-hydrogen) atoms. The highest BCUT2D eigenvalue weighted by Gasteiger charge is 2.08. The molecule has 1 aromatic rings. The Kier molecular flexibility index (Phi) is 6.58. The van der Waals surface area contributed by atoms with Crippen molar-refractivity contribution >= 4 is 17.1 Å². The Hall–Kier alpha value is -1.90. The number of hydrogen-bond acceptors (Lipinski definition) is 7. The van der Waals surface area contributed by atoms with Crippen LogP contribution in [-0.2, 0) is 4.74 Å². The van der Waals surface area contributed by atoms with Crippen LogP contribution in [0.2, 0.25) is 0 Å². The van der Waals surface area contributed by atoms with Gasteiger partial charge in [-0.25, -0.2) is 0 Å². The van der Waals surface area contributed by atoms with Gasteiger partial charge in [0.1, 0.15) is 0 Å². The van der Waals surface area contributed by atoms with E-state index in [0.29, 0.717) is 31.1 Å². The number of nitro benzene ring substituents is 1. The standard InChI is InChI=1S/C11H18N4O4/c12-14-10-6-9(7-11(8-10)15(17)18)13-2-1-4-19-5-3-16/h6-8,13-14,16H,1-5,12H2. The van der Waals surface area contributed by atoms with Crippen molar-refractivity contribution in [1.29, 1.82) is 0 Å². The maximum atomic E-state index is 10.7. The summed E-state index contributed by atoms with van der Waals surface area (Å²) < 4.78 is 5.10. The Morgan fingerprint density at radius 2 is 2.05 bits per heavy atom. The number of aliphatic hydroxyl groups excluding tert-OH is 1. The third-order valence-corrected chi connectivity index (χ3v) is 2.33. The molecule has 1 rings (SSSR count). The quantitative estimate of drug-likeness (QED) is 0.225. The largest absolute Gasteiger partial charge is 0.394 e. The van der Waals surface area contributed by atoms with Crippen LogP contribution in [0.3, 0.4) is 0 Å². The molecule has 8 nitrogen and oxygen atoms in total. The second-order valence-corrected chi connectivity index (χ2v) is 3.79. The fraction of sp³-hybridized carbons (Fsp3) is 0.455. The van der Waals surface area contributed by atoms with Crippen molar-refractivity contribution < 1.29 is 14.8 Å². The van der Waals surface area contributed by atoms with Crippen LogP contribution in [-0.4, -0.2) is 36.4 Å². The van der Waals surface area contributed by atoms with Crippen molar-refractivity contribution in [3.05, 3.63) is 28.3 Å². The summed E-state index contributed by atoms with van der Waals surface area (Å²) in [7, 11) is 0. The zero-order chi connectivity index (χ0) is 14.1. The highest BCUT2D eigenvalue weighted by atomic mass is 16.6. The number of aliphatic hydroxyl groups is 1. The lowest BCUT2D eigenvalue weighted by Crippen LogP contribution is -2.10. The van der Waals surface area contributed by atoms with Gasteiger partial charge < -0.3 is 20.6 Å². The highest BCUT2D eigenvalue weighted by molar-refractivity contribution is 5.63. The molecule has 1 aromatic carbocycles. The lowest BCUT2D eigenvalue weighted by Gasteiger charge is -2.08. The molecule has 0 amide bonds. The molecule has 0 heterocycles. The van der Waals surface area contributed by atoms with Gasteiger partial charge in [-0.3, -0.25) is 16.0 Å². The number of nitrogens with one attached hydrogen (secondary N) is 2. The summed E-state index contributed by atoms with van der Waals surface area (Å²) in [6.45, 7) is 1.45. The van der Waals surface area contributed by atoms with Crippen molar-refractivity contribution in [1.82, 2.24) is 0 Å². The summed E-state index contributed by atoms with van der Waals surface area (Å²) in [6, 6.07) is 4.48. The van der Waals surface area contributed by atoms with Crippen LogP contribution in [0.4, 0.5) is 17.1 Å². The van der Waals surface area contributed by atoms with E-state index in [1.54, 1.807) is 6.07 Å². The number of nitro groups is 1. The van der Waals surface area contributed by atoms with Crippen molar-refractivity contribution in [2.24, 2.45) is 5.84 Å². The van der Waals surface area contributed by atoms with Crippen LogP contribution < -0.4 is 16.6 Å². The molecule has 0 atom stereocenters. The van der Waals surface area contributed by atoms with E-state index in [-0.39, 0.29) is 12.3 Å². The van der Waals surface area contributed by atoms with E-state index in [0.717, 1.165) is 6.42 Å². The summed E-state index contributed by atoms with van der Waals surface area (Å²) in [6.07, 6.45) is 0.730. The minimum atomic E-state index is -0.476. The topological polar surface area (TPSA) is 123 Å². The number of nitrogens with two attached hydrogens (primary N) is 1. The van der Waals surface area contributed by atoms with Gasteiger partial charge in [-0.1, -0.05) is 0 Å². The molecule has 5 N–H and O–H groups in total. The normalized spacial score (nSPS) is 10.2. The van der Waals surface area contributed by atoms with Gasteiger partial charge in [0.25, 0.3) is 5.69 Å². The van der Waals surface area contributed by atoms with E-state index < -0.39 is 4.92 Å². The number of hydrazine groups is 1.